The van der Waals surface area contributed by atoms with Crippen molar-refractivity contribution in [1.29, 1.82) is 0 Å². The summed E-state index contributed by atoms with van der Waals surface area (Å²) in [4.78, 5) is 14.4. The fourth-order valence-electron chi connectivity index (χ4n) is 4.24. The van der Waals surface area contributed by atoms with Crippen molar-refractivity contribution in [2.45, 2.75) is 59.8 Å². The van der Waals surface area contributed by atoms with Crippen LogP contribution in [0.1, 0.15) is 72.6 Å². The van der Waals surface area contributed by atoms with E-state index in [0.29, 0.717) is 12.1 Å². The number of carboxylic acid groups (broad SMARTS) is 1. The quantitative estimate of drug-likeness (QED) is 0.568. The first-order valence-electron chi connectivity index (χ1n) is 8.66. The lowest BCUT2D eigenvalue weighted by Gasteiger charge is -2.29. The number of aryl methyl sites for hydroxylation is 1. The molecule has 0 bridgehead atoms. The zero-order valence-electron chi connectivity index (χ0n) is 15.1. The van der Waals surface area contributed by atoms with Gasteiger partial charge in [-0.3, -0.25) is 11.3 Å². The number of rotatable bonds is 4. The standard InChI is InChI=1S/C19H28N2O2S/c1-18(2)6-5-14-13(9-18)15(17(22)23)16(24-14)12-8-19(3,4)7-11(12)10-21-20/h21H,5-10,20H2,1-4H3,(H,22,23). The van der Waals surface area contributed by atoms with Crippen molar-refractivity contribution in [1.82, 2.24) is 5.43 Å². The molecule has 2 aliphatic rings. The summed E-state index contributed by atoms with van der Waals surface area (Å²) < 4.78 is 0. The Morgan fingerprint density at radius 1 is 1.21 bits per heavy atom. The molecular weight excluding hydrogens is 320 g/mol. The summed E-state index contributed by atoms with van der Waals surface area (Å²) in [5.74, 6) is 4.79. The smallest absolute Gasteiger partial charge is 0.337 e. The predicted molar refractivity (Wildman–Crippen MR) is 99.2 cm³/mol. The summed E-state index contributed by atoms with van der Waals surface area (Å²) >= 11 is 1.71. The molecule has 4 N–H and O–H groups in total. The van der Waals surface area contributed by atoms with Gasteiger partial charge in [0.25, 0.3) is 0 Å². The number of aromatic carboxylic acids is 1. The van der Waals surface area contributed by atoms with E-state index >= 15 is 0 Å². The third-order valence-corrected chi connectivity index (χ3v) is 6.70. The van der Waals surface area contributed by atoms with Crippen molar-refractivity contribution >= 4 is 22.9 Å². The summed E-state index contributed by atoms with van der Waals surface area (Å²) in [7, 11) is 0. The van der Waals surface area contributed by atoms with Crippen LogP contribution in [0, 0.1) is 10.8 Å². The minimum Gasteiger partial charge on any atom is -0.478 e. The molecule has 0 amide bonds. The lowest BCUT2D eigenvalue weighted by Crippen LogP contribution is -2.24. The van der Waals surface area contributed by atoms with E-state index in [1.165, 1.54) is 16.0 Å². The normalized spacial score (nSPS) is 21.9. The van der Waals surface area contributed by atoms with Gasteiger partial charge in [-0.05, 0) is 59.6 Å². The maximum Gasteiger partial charge on any atom is 0.337 e. The van der Waals surface area contributed by atoms with Gasteiger partial charge in [-0.15, -0.1) is 11.3 Å². The highest BCUT2D eigenvalue weighted by atomic mass is 32.1. The zero-order valence-corrected chi connectivity index (χ0v) is 15.9. The summed E-state index contributed by atoms with van der Waals surface area (Å²) in [5, 5.41) is 9.93. The molecule has 0 radical (unpaired) electrons. The Kier molecular flexibility index (Phi) is 4.39. The molecule has 1 aromatic rings. The van der Waals surface area contributed by atoms with Crippen molar-refractivity contribution in [2.75, 3.05) is 6.54 Å². The van der Waals surface area contributed by atoms with Gasteiger partial charge in [-0.1, -0.05) is 27.7 Å². The van der Waals surface area contributed by atoms with Crippen LogP contribution in [-0.4, -0.2) is 17.6 Å². The fraction of sp³-hybridized carbons (Fsp3) is 0.632. The largest absolute Gasteiger partial charge is 0.478 e. The van der Waals surface area contributed by atoms with Gasteiger partial charge in [0.2, 0.25) is 0 Å². The molecule has 0 aliphatic heterocycles. The molecular formula is C19H28N2O2S. The van der Waals surface area contributed by atoms with Crippen LogP contribution < -0.4 is 11.3 Å². The molecule has 5 heteroatoms. The van der Waals surface area contributed by atoms with Crippen LogP contribution in [0.2, 0.25) is 0 Å². The van der Waals surface area contributed by atoms with E-state index in [4.69, 9.17) is 5.84 Å². The Bertz CT molecular complexity index is 713. The highest BCUT2D eigenvalue weighted by molar-refractivity contribution is 7.13. The SMILES string of the molecule is CC1(C)CC(CNN)=C(c2sc3c(c2C(=O)O)CC(C)(C)CC3)C1. The van der Waals surface area contributed by atoms with Crippen molar-refractivity contribution in [3.8, 4) is 0 Å². The maximum atomic E-state index is 12.1. The molecule has 3 rings (SSSR count). The van der Waals surface area contributed by atoms with Gasteiger partial charge in [-0.25, -0.2) is 4.79 Å². The van der Waals surface area contributed by atoms with Crippen LogP contribution in [0.25, 0.3) is 5.57 Å². The van der Waals surface area contributed by atoms with E-state index in [2.05, 4.69) is 33.1 Å². The third kappa shape index (κ3) is 3.17. The van der Waals surface area contributed by atoms with Gasteiger partial charge in [0, 0.05) is 16.3 Å². The van der Waals surface area contributed by atoms with Crippen LogP contribution in [0.15, 0.2) is 5.57 Å². The first-order chi connectivity index (χ1) is 11.1. The average molecular weight is 349 g/mol. The highest BCUT2D eigenvalue weighted by Crippen LogP contribution is 2.51. The first kappa shape index (κ1) is 17.6. The van der Waals surface area contributed by atoms with Crippen molar-refractivity contribution in [2.24, 2.45) is 16.7 Å². The van der Waals surface area contributed by atoms with Gasteiger partial charge < -0.3 is 5.11 Å². The number of fused-ring (bicyclic) bond motifs is 1. The molecule has 1 heterocycles. The van der Waals surface area contributed by atoms with Crippen molar-refractivity contribution in [3.63, 3.8) is 0 Å². The number of carbonyl (C=O) groups is 1. The predicted octanol–water partition coefficient (Wildman–Crippen LogP) is 4.00. The van der Waals surface area contributed by atoms with E-state index in [0.717, 1.165) is 42.5 Å². The molecule has 0 saturated heterocycles. The second-order valence-electron chi connectivity index (χ2n) is 8.83. The summed E-state index contributed by atoms with van der Waals surface area (Å²) in [6, 6.07) is 0. The molecule has 0 saturated carbocycles. The Labute approximate surface area is 148 Å². The molecule has 0 atom stereocenters. The van der Waals surface area contributed by atoms with Gasteiger partial charge in [-0.2, -0.15) is 0 Å². The van der Waals surface area contributed by atoms with E-state index in [1.54, 1.807) is 11.3 Å². The zero-order chi connectivity index (χ0) is 17.7. The summed E-state index contributed by atoms with van der Waals surface area (Å²) in [6.07, 6.45) is 4.88. The minimum atomic E-state index is -0.780. The van der Waals surface area contributed by atoms with E-state index in [1.807, 2.05) is 0 Å². The topological polar surface area (TPSA) is 75.3 Å². The second-order valence-corrected chi connectivity index (χ2v) is 9.94. The number of hydrogen-bond acceptors (Lipinski definition) is 4. The molecule has 132 valence electrons. The van der Waals surface area contributed by atoms with Crippen LogP contribution >= 0.6 is 11.3 Å². The number of carboxylic acids is 1. The lowest BCUT2D eigenvalue weighted by molar-refractivity contribution is 0.0695. The van der Waals surface area contributed by atoms with Gasteiger partial charge in [0.05, 0.1) is 5.56 Å². The summed E-state index contributed by atoms with van der Waals surface area (Å²) in [5.41, 5.74) is 7.24. The summed E-state index contributed by atoms with van der Waals surface area (Å²) in [6.45, 7) is 9.59. The monoisotopic (exact) mass is 348 g/mol. The number of allylic oxidation sites excluding steroid dienone is 1. The Morgan fingerprint density at radius 2 is 1.92 bits per heavy atom. The molecule has 24 heavy (non-hydrogen) atoms. The van der Waals surface area contributed by atoms with E-state index in [-0.39, 0.29) is 10.8 Å². The van der Waals surface area contributed by atoms with Crippen molar-refractivity contribution < 1.29 is 9.90 Å². The van der Waals surface area contributed by atoms with Crippen LogP contribution in [0.3, 0.4) is 0 Å². The number of hydrazine groups is 1. The molecule has 0 fully saturated rings. The van der Waals surface area contributed by atoms with Crippen LogP contribution in [0.5, 0.6) is 0 Å². The van der Waals surface area contributed by atoms with E-state index in [9.17, 15) is 9.90 Å². The fourth-order valence-corrected chi connectivity index (χ4v) is 5.64. The molecule has 2 aliphatic carbocycles. The second kappa shape index (κ2) is 5.97. The Hall–Kier alpha value is -1.17. The van der Waals surface area contributed by atoms with Crippen molar-refractivity contribution in [3.05, 3.63) is 26.5 Å². The van der Waals surface area contributed by atoms with Crippen LogP contribution in [-0.2, 0) is 12.8 Å². The molecule has 0 unspecified atom stereocenters. The number of nitrogens with one attached hydrogen (secondary N) is 1. The third-order valence-electron chi connectivity index (χ3n) is 5.35. The van der Waals surface area contributed by atoms with E-state index < -0.39 is 5.97 Å². The number of nitrogens with two attached hydrogens (primary N) is 1. The Balaban J connectivity index is 2.13. The number of hydrogen-bond donors (Lipinski definition) is 3. The lowest BCUT2D eigenvalue weighted by atomic mass is 9.75. The Morgan fingerprint density at radius 3 is 2.54 bits per heavy atom. The highest BCUT2D eigenvalue weighted by Gasteiger charge is 2.37. The van der Waals surface area contributed by atoms with Gasteiger partial charge in [0.15, 0.2) is 0 Å². The van der Waals surface area contributed by atoms with Crippen LogP contribution in [0.4, 0.5) is 0 Å². The van der Waals surface area contributed by atoms with Gasteiger partial charge in [0.1, 0.15) is 0 Å². The molecule has 0 spiro atoms. The molecule has 4 nitrogen and oxygen atoms in total. The molecule has 0 aromatic carbocycles. The number of thiophene rings is 1. The molecule has 1 aromatic heterocycles. The average Bonchev–Trinajstić information content (AvgIpc) is 2.94. The minimum absolute atomic E-state index is 0.168. The maximum absolute atomic E-state index is 12.1. The van der Waals surface area contributed by atoms with Gasteiger partial charge >= 0.3 is 5.97 Å². The first-order valence-corrected chi connectivity index (χ1v) is 9.48.